The summed E-state index contributed by atoms with van der Waals surface area (Å²) in [6.07, 6.45) is 44.6. The number of carbonyl (C=O) groups is 1. The first-order valence-corrected chi connectivity index (χ1v) is 34.3. The quantitative estimate of drug-likeness (QED) is 0.0200. The van der Waals surface area contributed by atoms with E-state index in [2.05, 4.69) is 129 Å². The smallest absolute Gasteiger partial charge is 0.220 e. The summed E-state index contributed by atoms with van der Waals surface area (Å²) in [6, 6.07) is -1.01. The molecule has 12 N–H and O–H groups in total. The summed E-state index contributed by atoms with van der Waals surface area (Å²) in [5.74, 6) is -0.306. The summed E-state index contributed by atoms with van der Waals surface area (Å²) in [5, 5.41) is 120. The van der Waals surface area contributed by atoms with E-state index in [-0.39, 0.29) is 18.9 Å². The lowest BCUT2D eigenvalue weighted by atomic mass is 9.96. The zero-order valence-electron chi connectivity index (χ0n) is 54.8. The van der Waals surface area contributed by atoms with E-state index in [4.69, 9.17) is 28.4 Å². The van der Waals surface area contributed by atoms with E-state index in [0.717, 1.165) is 109 Å². The molecule has 0 bridgehead atoms. The number of amides is 1. The predicted octanol–water partition coefficient (Wildman–Crippen LogP) is 8.82. The maximum Gasteiger partial charge on any atom is 0.220 e. The molecule has 0 aromatic heterocycles. The van der Waals surface area contributed by atoms with Gasteiger partial charge in [0.2, 0.25) is 5.91 Å². The van der Waals surface area contributed by atoms with E-state index in [9.17, 15) is 61.0 Å². The lowest BCUT2D eigenvalue weighted by Crippen LogP contribution is -2.66. The lowest BCUT2D eigenvalue weighted by molar-refractivity contribution is -0.379. The average molecular weight is 1290 g/mol. The first-order valence-electron chi connectivity index (χ1n) is 34.3. The number of hydrogen-bond acceptors (Lipinski definition) is 18. The first-order chi connectivity index (χ1) is 44.3. The number of hydrogen-bond donors (Lipinski definition) is 12. The van der Waals surface area contributed by atoms with Crippen LogP contribution in [-0.4, -0.2) is 193 Å². The van der Waals surface area contributed by atoms with Gasteiger partial charge in [-0.15, -0.1) is 0 Å². The van der Waals surface area contributed by atoms with Gasteiger partial charge in [0.25, 0.3) is 0 Å². The fourth-order valence-electron chi connectivity index (χ4n) is 10.7. The van der Waals surface area contributed by atoms with Gasteiger partial charge in [0.1, 0.15) is 73.2 Å². The van der Waals surface area contributed by atoms with Crippen LogP contribution < -0.4 is 5.32 Å². The molecule has 91 heavy (non-hydrogen) atoms. The second kappa shape index (κ2) is 52.5. The van der Waals surface area contributed by atoms with Crippen LogP contribution in [0.25, 0.3) is 0 Å². The number of allylic oxidation sites excluding steroid dienone is 19. The van der Waals surface area contributed by atoms with Gasteiger partial charge in [-0.05, 0) is 96.3 Å². The molecule has 0 aliphatic carbocycles. The third-order valence-electron chi connectivity index (χ3n) is 16.2. The summed E-state index contributed by atoms with van der Waals surface area (Å²) < 4.78 is 34.3. The van der Waals surface area contributed by atoms with E-state index in [1.165, 1.54) is 51.4 Å². The van der Waals surface area contributed by atoms with Crippen LogP contribution in [0.15, 0.2) is 122 Å². The Hall–Kier alpha value is -3.81. The highest BCUT2D eigenvalue weighted by Gasteiger charge is 2.53. The van der Waals surface area contributed by atoms with E-state index >= 15 is 0 Å². The molecule has 19 nitrogen and oxygen atoms in total. The Morgan fingerprint density at radius 3 is 1.23 bits per heavy atom. The summed E-state index contributed by atoms with van der Waals surface area (Å²) in [7, 11) is 0. The minimum atomic E-state index is -1.99. The summed E-state index contributed by atoms with van der Waals surface area (Å²) in [5.41, 5.74) is 0. The van der Waals surface area contributed by atoms with Crippen molar-refractivity contribution in [2.75, 3.05) is 26.4 Å². The normalized spacial score (nSPS) is 28.6. The largest absolute Gasteiger partial charge is 0.394 e. The Morgan fingerprint density at radius 1 is 0.407 bits per heavy atom. The topological polar surface area (TPSA) is 307 Å². The third-order valence-corrected chi connectivity index (χ3v) is 16.2. The Bertz CT molecular complexity index is 2120. The SMILES string of the molecule is CC/C=C\C/C=C\C/C=C\C/C=C\C/C=C\C/C=C\C/C=C\C/C=C\CCCCCCCCC(=O)NC(COC1OC(CO)C(OC2OC(CO)C(OC3OC(CO)C(O)C(O)C3O)C(O)C2O)C(O)C1O)C(O)/C=C/CC/C=C/CCCCCCCCCCC. The van der Waals surface area contributed by atoms with Crippen molar-refractivity contribution in [3.63, 3.8) is 0 Å². The van der Waals surface area contributed by atoms with Gasteiger partial charge in [-0.2, -0.15) is 0 Å². The van der Waals surface area contributed by atoms with Gasteiger partial charge >= 0.3 is 0 Å². The van der Waals surface area contributed by atoms with Gasteiger partial charge < -0.3 is 89.9 Å². The zero-order valence-corrected chi connectivity index (χ0v) is 54.8. The Kier molecular flexibility index (Phi) is 46.9. The molecule has 3 aliphatic rings. The van der Waals surface area contributed by atoms with Gasteiger partial charge in [0, 0.05) is 6.42 Å². The fraction of sp³-hybridized carbons (Fsp3) is 0.708. The van der Waals surface area contributed by atoms with Gasteiger partial charge in [-0.1, -0.05) is 212 Å². The second-order valence-corrected chi connectivity index (χ2v) is 23.9. The molecule has 0 saturated carbocycles. The van der Waals surface area contributed by atoms with Crippen LogP contribution in [0.2, 0.25) is 0 Å². The van der Waals surface area contributed by atoms with E-state index in [0.29, 0.717) is 12.8 Å². The fourth-order valence-corrected chi connectivity index (χ4v) is 10.7. The van der Waals surface area contributed by atoms with Crippen LogP contribution in [0.3, 0.4) is 0 Å². The van der Waals surface area contributed by atoms with Crippen LogP contribution in [0, 0.1) is 0 Å². The monoisotopic (exact) mass is 1290 g/mol. The van der Waals surface area contributed by atoms with Crippen molar-refractivity contribution in [1.29, 1.82) is 0 Å². The molecule has 3 aliphatic heterocycles. The molecule has 3 fully saturated rings. The maximum atomic E-state index is 13.4. The summed E-state index contributed by atoms with van der Waals surface area (Å²) >= 11 is 0. The number of carbonyl (C=O) groups excluding carboxylic acids is 1. The molecule has 520 valence electrons. The van der Waals surface area contributed by atoms with E-state index in [1.807, 2.05) is 6.08 Å². The molecule has 3 heterocycles. The van der Waals surface area contributed by atoms with Crippen molar-refractivity contribution in [3.8, 4) is 0 Å². The standard InChI is InChI=1S/C72H119NO18/c1-3-5-7-9-11-13-15-17-19-20-21-22-23-24-25-26-27-28-29-30-31-32-33-34-36-38-40-42-44-46-48-50-60(78)73-55(56(77)49-47-45-43-41-39-37-35-18-16-14-12-10-8-6-4-2)54-86-70-66(84)63(81)68(58(52-75)88-70)91-72-67(85)64(82)69(59(53-76)89-72)90-71-65(83)62(80)61(79)57(51-74)87-71/h5,7,11,13,17,19,21-22,24-25,27-28,30-31,33-34,39,41,47,49,55-59,61-72,74-77,79-85H,3-4,6,8-10,12,14-16,18,20,23,26,29,32,35-38,40,42-46,48,50-54H2,1-2H3,(H,73,78)/b7-5-,13-11-,19-17-,22-21-,25-24-,28-27-,31-30-,34-33-,41-39+,49-47+. The zero-order chi connectivity index (χ0) is 66.1. The molecule has 3 rings (SSSR count). The molecule has 0 spiro atoms. The van der Waals surface area contributed by atoms with Gasteiger partial charge in [-0.25, -0.2) is 0 Å². The number of aliphatic hydroxyl groups excluding tert-OH is 11. The summed E-state index contributed by atoms with van der Waals surface area (Å²) in [6.45, 7) is 1.55. The van der Waals surface area contributed by atoms with Gasteiger partial charge in [0.15, 0.2) is 18.9 Å². The molecule has 1 amide bonds. The van der Waals surface area contributed by atoms with E-state index < -0.39 is 124 Å². The molecule has 0 aromatic carbocycles. The number of unbranched alkanes of at least 4 members (excludes halogenated alkanes) is 16. The van der Waals surface area contributed by atoms with Crippen LogP contribution in [0.5, 0.6) is 0 Å². The number of nitrogens with one attached hydrogen (secondary N) is 1. The Labute approximate surface area is 544 Å². The average Bonchev–Trinajstić information content (AvgIpc) is 0.876. The molecule has 0 aromatic rings. The maximum absolute atomic E-state index is 13.4. The number of rotatable bonds is 50. The Balaban J connectivity index is 1.43. The molecule has 17 unspecified atom stereocenters. The second-order valence-electron chi connectivity index (χ2n) is 23.9. The molecule has 3 saturated heterocycles. The highest BCUT2D eigenvalue weighted by molar-refractivity contribution is 5.76. The molecule has 0 radical (unpaired) electrons. The number of aliphatic hydroxyl groups is 11. The van der Waals surface area contributed by atoms with Crippen LogP contribution >= 0.6 is 0 Å². The van der Waals surface area contributed by atoms with E-state index in [1.54, 1.807) is 6.08 Å². The van der Waals surface area contributed by atoms with Crippen molar-refractivity contribution >= 4 is 5.91 Å². The lowest BCUT2D eigenvalue weighted by Gasteiger charge is -2.48. The van der Waals surface area contributed by atoms with Gasteiger partial charge in [-0.3, -0.25) is 4.79 Å². The highest BCUT2D eigenvalue weighted by atomic mass is 16.8. The minimum Gasteiger partial charge on any atom is -0.394 e. The van der Waals surface area contributed by atoms with Crippen LogP contribution in [0.1, 0.15) is 194 Å². The van der Waals surface area contributed by atoms with Crippen molar-refractivity contribution in [3.05, 3.63) is 122 Å². The van der Waals surface area contributed by atoms with Gasteiger partial charge in [0.05, 0.1) is 38.6 Å². The minimum absolute atomic E-state index is 0.210. The molecular weight excluding hydrogens is 1170 g/mol. The third kappa shape index (κ3) is 34.4. The first kappa shape index (κ1) is 81.4. The van der Waals surface area contributed by atoms with Crippen LogP contribution in [-0.2, 0) is 33.2 Å². The van der Waals surface area contributed by atoms with Crippen molar-refractivity contribution in [2.45, 2.75) is 298 Å². The van der Waals surface area contributed by atoms with Crippen molar-refractivity contribution < 1.29 is 89.4 Å². The highest BCUT2D eigenvalue weighted by Crippen LogP contribution is 2.33. The molecule has 19 heteroatoms. The molecular formula is C72H119NO18. The predicted molar refractivity (Wildman–Crippen MR) is 355 cm³/mol. The van der Waals surface area contributed by atoms with Crippen LogP contribution in [0.4, 0.5) is 0 Å². The molecule has 17 atom stereocenters. The Morgan fingerprint density at radius 2 is 0.769 bits per heavy atom. The van der Waals surface area contributed by atoms with Crippen molar-refractivity contribution in [1.82, 2.24) is 5.32 Å². The summed E-state index contributed by atoms with van der Waals surface area (Å²) in [4.78, 5) is 13.4. The van der Waals surface area contributed by atoms with Crippen molar-refractivity contribution in [2.24, 2.45) is 0 Å². The number of ether oxygens (including phenoxy) is 6.